The van der Waals surface area contributed by atoms with Gasteiger partial charge in [-0.05, 0) is 49.1 Å². The highest BCUT2D eigenvalue weighted by Gasteiger charge is 2.51. The monoisotopic (exact) mass is 594 g/mol. The number of carbonyl (C=O) groups is 4. The quantitative estimate of drug-likeness (QED) is 0.420. The molecule has 2 aromatic carbocycles. The van der Waals surface area contributed by atoms with Crippen LogP contribution in [0.4, 0.5) is 23.2 Å². The van der Waals surface area contributed by atoms with Gasteiger partial charge >= 0.3 is 12.1 Å². The number of benzene rings is 2. The number of methoxy groups -OCH3 is 1. The zero-order chi connectivity index (χ0) is 31.0. The van der Waals surface area contributed by atoms with Crippen LogP contribution in [0.2, 0.25) is 0 Å². The van der Waals surface area contributed by atoms with Gasteiger partial charge in [0.2, 0.25) is 11.8 Å². The van der Waals surface area contributed by atoms with Crippen LogP contribution in [0.3, 0.4) is 0 Å². The standard InChI is InChI=1S/C28H30F4N4O6/c1-15(2)22(34-23(37)19-12-16(28(30,31)32)4-7-20(19)29)24(38)35-10-8-27(9-11-35)26(41)33-14-36(27)17-5-6-18(25(39)40)21(13-17)42-3/h4-7,12-13,15,22H,8-11,14H2,1-3H3,(H,33,41)(H,34,37)(H,39,40)/t22-/m1/s1. The number of nitrogens with one attached hydrogen (secondary N) is 2. The van der Waals surface area contributed by atoms with E-state index in [2.05, 4.69) is 10.6 Å². The predicted molar refractivity (Wildman–Crippen MR) is 141 cm³/mol. The number of alkyl halides is 3. The van der Waals surface area contributed by atoms with E-state index < -0.39 is 58.4 Å². The van der Waals surface area contributed by atoms with E-state index in [1.165, 1.54) is 24.1 Å². The molecule has 0 unspecified atom stereocenters. The molecular formula is C28H30F4N4O6. The van der Waals surface area contributed by atoms with Crippen LogP contribution >= 0.6 is 0 Å². The number of amides is 3. The van der Waals surface area contributed by atoms with Crippen molar-refractivity contribution in [1.29, 1.82) is 0 Å². The second-order valence-corrected chi connectivity index (χ2v) is 10.5. The number of piperidine rings is 1. The van der Waals surface area contributed by atoms with Crippen molar-refractivity contribution in [2.24, 2.45) is 5.92 Å². The molecule has 1 atom stereocenters. The molecule has 1 spiro atoms. The third-order valence-electron chi connectivity index (χ3n) is 7.72. The van der Waals surface area contributed by atoms with Gasteiger partial charge in [0.1, 0.15) is 28.7 Å². The topological polar surface area (TPSA) is 128 Å². The summed E-state index contributed by atoms with van der Waals surface area (Å²) in [5.41, 5.74) is -2.56. The van der Waals surface area contributed by atoms with Crippen LogP contribution in [0.15, 0.2) is 36.4 Å². The number of likely N-dealkylation sites (tertiary alicyclic amines) is 1. The molecule has 0 aromatic heterocycles. The number of carbonyl (C=O) groups excluding carboxylic acids is 3. The SMILES string of the molecule is COc1cc(N2CNC(=O)C23CCN(C(=O)[C@H](NC(=O)c2cc(C(F)(F)F)ccc2F)C(C)C)CC3)ccc1C(=O)O. The summed E-state index contributed by atoms with van der Waals surface area (Å²) in [6.07, 6.45) is -4.38. The lowest BCUT2D eigenvalue weighted by atomic mass is 9.85. The summed E-state index contributed by atoms with van der Waals surface area (Å²) in [4.78, 5) is 54.1. The van der Waals surface area contributed by atoms with Crippen LogP contribution in [-0.2, 0) is 15.8 Å². The highest BCUT2D eigenvalue weighted by molar-refractivity contribution is 5.98. The third-order valence-corrected chi connectivity index (χ3v) is 7.72. The number of carboxylic acid groups (broad SMARTS) is 1. The number of ether oxygens (including phenoxy) is 1. The maximum absolute atomic E-state index is 14.3. The minimum atomic E-state index is -4.79. The molecule has 2 aromatic rings. The smallest absolute Gasteiger partial charge is 0.416 e. The first-order valence-corrected chi connectivity index (χ1v) is 13.1. The van der Waals surface area contributed by atoms with Gasteiger partial charge in [-0.15, -0.1) is 0 Å². The lowest BCUT2D eigenvalue weighted by molar-refractivity contribution is -0.138. The summed E-state index contributed by atoms with van der Waals surface area (Å²) >= 11 is 0. The van der Waals surface area contributed by atoms with Crippen LogP contribution in [-0.4, -0.2) is 72.1 Å². The van der Waals surface area contributed by atoms with Crippen LogP contribution in [0, 0.1) is 11.7 Å². The molecule has 2 aliphatic heterocycles. The summed E-state index contributed by atoms with van der Waals surface area (Å²) < 4.78 is 58.9. The van der Waals surface area contributed by atoms with Crippen molar-refractivity contribution in [3.63, 3.8) is 0 Å². The molecule has 3 amide bonds. The minimum absolute atomic E-state index is 0.0408. The largest absolute Gasteiger partial charge is 0.496 e. The fourth-order valence-corrected chi connectivity index (χ4v) is 5.35. The number of anilines is 1. The number of nitrogens with zero attached hydrogens (tertiary/aromatic N) is 2. The Bertz CT molecular complexity index is 1410. The molecule has 14 heteroatoms. The molecule has 0 aliphatic carbocycles. The van der Waals surface area contributed by atoms with E-state index >= 15 is 0 Å². The molecule has 2 heterocycles. The Morgan fingerprint density at radius 1 is 1.07 bits per heavy atom. The molecule has 42 heavy (non-hydrogen) atoms. The van der Waals surface area contributed by atoms with E-state index in [-0.39, 0.29) is 49.8 Å². The Kier molecular flexibility index (Phi) is 8.37. The first-order valence-electron chi connectivity index (χ1n) is 13.1. The van der Waals surface area contributed by atoms with Crippen LogP contribution in [0.1, 0.15) is 53.0 Å². The summed E-state index contributed by atoms with van der Waals surface area (Å²) in [6.45, 7) is 3.65. The molecule has 0 radical (unpaired) electrons. The highest BCUT2D eigenvalue weighted by Crippen LogP contribution is 2.38. The van der Waals surface area contributed by atoms with Crippen molar-refractivity contribution in [2.75, 3.05) is 31.8 Å². The Morgan fingerprint density at radius 3 is 2.31 bits per heavy atom. The molecule has 3 N–H and O–H groups in total. The van der Waals surface area contributed by atoms with E-state index in [9.17, 15) is 41.8 Å². The third kappa shape index (κ3) is 5.70. The van der Waals surface area contributed by atoms with Crippen molar-refractivity contribution in [3.05, 3.63) is 58.9 Å². The van der Waals surface area contributed by atoms with Crippen LogP contribution < -0.4 is 20.3 Å². The minimum Gasteiger partial charge on any atom is -0.496 e. The van der Waals surface area contributed by atoms with Crippen molar-refractivity contribution >= 4 is 29.4 Å². The van der Waals surface area contributed by atoms with E-state index in [0.717, 1.165) is 0 Å². The van der Waals surface area contributed by atoms with Crippen molar-refractivity contribution < 1.29 is 46.6 Å². The number of aromatic carboxylic acids is 1. The lowest BCUT2D eigenvalue weighted by Gasteiger charge is -2.44. The molecule has 2 aliphatic rings. The maximum Gasteiger partial charge on any atom is 0.416 e. The zero-order valence-corrected chi connectivity index (χ0v) is 23.0. The highest BCUT2D eigenvalue weighted by atomic mass is 19.4. The van der Waals surface area contributed by atoms with Crippen LogP contribution in [0.5, 0.6) is 5.75 Å². The van der Waals surface area contributed by atoms with Gasteiger partial charge in [-0.1, -0.05) is 13.8 Å². The molecule has 0 bridgehead atoms. The van der Waals surface area contributed by atoms with Gasteiger partial charge in [-0.3, -0.25) is 14.4 Å². The van der Waals surface area contributed by atoms with Gasteiger partial charge in [0, 0.05) is 24.8 Å². The van der Waals surface area contributed by atoms with Crippen LogP contribution in [0.25, 0.3) is 0 Å². The second kappa shape index (κ2) is 11.5. The fraction of sp³-hybridized carbons (Fsp3) is 0.429. The average Bonchev–Trinajstić information content (AvgIpc) is 3.25. The van der Waals surface area contributed by atoms with Crippen molar-refractivity contribution in [3.8, 4) is 5.75 Å². The molecule has 0 saturated carbocycles. The van der Waals surface area contributed by atoms with Gasteiger partial charge < -0.3 is 30.3 Å². The molecule has 10 nitrogen and oxygen atoms in total. The van der Waals surface area contributed by atoms with E-state index in [1.807, 2.05) is 0 Å². The Morgan fingerprint density at radius 2 is 1.74 bits per heavy atom. The first kappa shape index (κ1) is 30.6. The van der Waals surface area contributed by atoms with Gasteiger partial charge in [0.05, 0.1) is 24.9 Å². The Labute approximate surface area is 238 Å². The second-order valence-electron chi connectivity index (χ2n) is 10.5. The summed E-state index contributed by atoms with van der Waals surface area (Å²) in [5, 5.41) is 14.6. The summed E-state index contributed by atoms with van der Waals surface area (Å²) in [5.74, 6) is -4.62. The number of halogens is 4. The first-order chi connectivity index (χ1) is 19.7. The molecule has 226 valence electrons. The fourth-order valence-electron chi connectivity index (χ4n) is 5.35. The molecule has 2 fully saturated rings. The average molecular weight is 595 g/mol. The molecular weight excluding hydrogens is 564 g/mol. The predicted octanol–water partition coefficient (Wildman–Crippen LogP) is 3.26. The van der Waals surface area contributed by atoms with Gasteiger partial charge in [-0.2, -0.15) is 13.2 Å². The van der Waals surface area contributed by atoms with Gasteiger partial charge in [0.15, 0.2) is 0 Å². The zero-order valence-electron chi connectivity index (χ0n) is 23.0. The van der Waals surface area contributed by atoms with E-state index in [4.69, 9.17) is 4.74 Å². The number of hydrogen-bond acceptors (Lipinski definition) is 6. The summed E-state index contributed by atoms with van der Waals surface area (Å²) in [7, 11) is 1.34. The molecule has 2 saturated heterocycles. The summed E-state index contributed by atoms with van der Waals surface area (Å²) in [6, 6.07) is 4.80. The van der Waals surface area contributed by atoms with Gasteiger partial charge in [-0.25, -0.2) is 9.18 Å². The number of rotatable bonds is 7. The number of hydrogen-bond donors (Lipinski definition) is 3. The molecule has 4 rings (SSSR count). The normalized spacial score (nSPS) is 17.3. The van der Waals surface area contributed by atoms with Gasteiger partial charge in [0.25, 0.3) is 5.91 Å². The van der Waals surface area contributed by atoms with E-state index in [1.54, 1.807) is 24.8 Å². The van der Waals surface area contributed by atoms with E-state index in [0.29, 0.717) is 23.9 Å². The van der Waals surface area contributed by atoms with Crippen molar-refractivity contribution in [2.45, 2.75) is 44.4 Å². The number of carboxylic acids is 1. The Hall–Kier alpha value is -4.36. The maximum atomic E-state index is 14.3. The van der Waals surface area contributed by atoms with Crippen molar-refractivity contribution in [1.82, 2.24) is 15.5 Å². The Balaban J connectivity index is 1.51. The lowest BCUT2D eigenvalue weighted by Crippen LogP contribution is -2.60.